The van der Waals surface area contributed by atoms with Crippen molar-refractivity contribution < 1.29 is 18.7 Å². The maximum Gasteiger partial charge on any atom is 0.322 e. The van der Waals surface area contributed by atoms with Crippen LogP contribution in [0.1, 0.15) is 26.2 Å². The van der Waals surface area contributed by atoms with Crippen molar-refractivity contribution in [3.05, 3.63) is 18.2 Å². The van der Waals surface area contributed by atoms with E-state index in [2.05, 4.69) is 15.5 Å². The van der Waals surface area contributed by atoms with Crippen LogP contribution < -0.4 is 14.8 Å². The topological polar surface area (TPSA) is 86.5 Å². The van der Waals surface area contributed by atoms with Crippen molar-refractivity contribution in [1.82, 2.24) is 10.2 Å². The number of ether oxygens (including phenoxy) is 2. The first kappa shape index (κ1) is 13.4. The Kier molecular flexibility index (Phi) is 3.72. The summed E-state index contributed by atoms with van der Waals surface area (Å²) in [6.07, 6.45) is 2.23. The number of carbonyl (C=O) groups excluding carboxylic acids is 1. The van der Waals surface area contributed by atoms with Gasteiger partial charge in [-0.2, -0.15) is 0 Å². The number of nitrogens with one attached hydrogen (secondary N) is 1. The molecule has 1 aromatic carbocycles. The Morgan fingerprint density at radius 1 is 1.29 bits per heavy atom. The SMILES string of the molecule is CCCCC(=O)Nc1nnc(-c2ccc3c(c2)OCO3)o1. The van der Waals surface area contributed by atoms with E-state index in [0.29, 0.717) is 29.4 Å². The van der Waals surface area contributed by atoms with Gasteiger partial charge < -0.3 is 13.9 Å². The zero-order valence-corrected chi connectivity index (χ0v) is 11.6. The number of rotatable bonds is 5. The lowest BCUT2D eigenvalue weighted by atomic mass is 10.2. The molecule has 2 heterocycles. The first-order chi connectivity index (χ1) is 10.3. The molecule has 0 saturated carbocycles. The highest BCUT2D eigenvalue weighted by Gasteiger charge is 2.17. The summed E-state index contributed by atoms with van der Waals surface area (Å²) in [5.74, 6) is 1.52. The van der Waals surface area contributed by atoms with Crippen LogP contribution in [0.2, 0.25) is 0 Å². The van der Waals surface area contributed by atoms with Gasteiger partial charge in [0, 0.05) is 12.0 Å². The molecule has 2 aromatic rings. The maximum atomic E-state index is 11.6. The van der Waals surface area contributed by atoms with Gasteiger partial charge in [0.2, 0.25) is 18.6 Å². The van der Waals surface area contributed by atoms with Crippen molar-refractivity contribution in [2.24, 2.45) is 0 Å². The van der Waals surface area contributed by atoms with Gasteiger partial charge in [-0.25, -0.2) is 0 Å². The molecule has 0 saturated heterocycles. The summed E-state index contributed by atoms with van der Waals surface area (Å²) in [7, 11) is 0. The summed E-state index contributed by atoms with van der Waals surface area (Å²) in [5.41, 5.74) is 0.709. The predicted octanol–water partition coefficient (Wildman–Crippen LogP) is 2.59. The van der Waals surface area contributed by atoms with E-state index in [0.717, 1.165) is 12.8 Å². The summed E-state index contributed by atoms with van der Waals surface area (Å²) in [5, 5.41) is 10.3. The number of anilines is 1. The highest BCUT2D eigenvalue weighted by atomic mass is 16.7. The van der Waals surface area contributed by atoms with Crippen molar-refractivity contribution in [3.8, 4) is 23.0 Å². The molecule has 7 nitrogen and oxygen atoms in total. The summed E-state index contributed by atoms with van der Waals surface area (Å²) in [4.78, 5) is 11.6. The Morgan fingerprint density at radius 2 is 2.14 bits per heavy atom. The molecule has 3 rings (SSSR count). The van der Waals surface area contributed by atoms with Crippen LogP contribution in [0, 0.1) is 0 Å². The van der Waals surface area contributed by atoms with Gasteiger partial charge in [0.15, 0.2) is 11.5 Å². The van der Waals surface area contributed by atoms with Gasteiger partial charge in [0.1, 0.15) is 0 Å². The highest BCUT2D eigenvalue weighted by molar-refractivity contribution is 5.88. The Morgan fingerprint density at radius 3 is 3.00 bits per heavy atom. The van der Waals surface area contributed by atoms with Gasteiger partial charge in [-0.15, -0.1) is 5.10 Å². The molecule has 0 fully saturated rings. The number of nitrogens with zero attached hydrogens (tertiary/aromatic N) is 2. The summed E-state index contributed by atoms with van der Waals surface area (Å²) in [6, 6.07) is 5.44. The number of unbranched alkanes of at least 4 members (excludes halogenated alkanes) is 1. The Labute approximate surface area is 121 Å². The largest absolute Gasteiger partial charge is 0.454 e. The monoisotopic (exact) mass is 289 g/mol. The summed E-state index contributed by atoms with van der Waals surface area (Å²) in [6.45, 7) is 2.24. The molecule has 1 amide bonds. The Balaban J connectivity index is 1.71. The van der Waals surface area contributed by atoms with Crippen molar-refractivity contribution in [2.45, 2.75) is 26.2 Å². The highest BCUT2D eigenvalue weighted by Crippen LogP contribution is 2.35. The molecule has 0 spiro atoms. The minimum Gasteiger partial charge on any atom is -0.454 e. The van der Waals surface area contributed by atoms with Crippen LogP contribution in [0.5, 0.6) is 11.5 Å². The molecule has 0 aliphatic carbocycles. The average molecular weight is 289 g/mol. The molecule has 0 atom stereocenters. The number of amides is 1. The summed E-state index contributed by atoms with van der Waals surface area (Å²) < 4.78 is 16.0. The molecule has 110 valence electrons. The molecule has 0 radical (unpaired) electrons. The molecule has 0 unspecified atom stereocenters. The van der Waals surface area contributed by atoms with Crippen molar-refractivity contribution in [2.75, 3.05) is 12.1 Å². The quantitative estimate of drug-likeness (QED) is 0.910. The molecule has 7 heteroatoms. The first-order valence-corrected chi connectivity index (χ1v) is 6.79. The van der Waals surface area contributed by atoms with Crippen LogP contribution in [-0.4, -0.2) is 22.9 Å². The second kappa shape index (κ2) is 5.82. The van der Waals surface area contributed by atoms with Crippen molar-refractivity contribution >= 4 is 11.9 Å². The van der Waals surface area contributed by atoms with Crippen LogP contribution in [0.3, 0.4) is 0 Å². The molecule has 1 aliphatic rings. The Hall–Kier alpha value is -2.57. The molecule has 1 aromatic heterocycles. The summed E-state index contributed by atoms with van der Waals surface area (Å²) >= 11 is 0. The minimum atomic E-state index is -0.127. The lowest BCUT2D eigenvalue weighted by molar-refractivity contribution is -0.116. The van der Waals surface area contributed by atoms with Gasteiger partial charge >= 0.3 is 6.01 Å². The number of carbonyl (C=O) groups is 1. The lowest BCUT2D eigenvalue weighted by Gasteiger charge is -1.99. The third kappa shape index (κ3) is 2.96. The van der Waals surface area contributed by atoms with E-state index in [1.807, 2.05) is 6.92 Å². The maximum absolute atomic E-state index is 11.6. The molecule has 21 heavy (non-hydrogen) atoms. The Bertz CT molecular complexity index is 653. The second-order valence-electron chi connectivity index (χ2n) is 4.63. The smallest absolute Gasteiger partial charge is 0.322 e. The lowest BCUT2D eigenvalue weighted by Crippen LogP contribution is -2.11. The van der Waals surface area contributed by atoms with E-state index >= 15 is 0 Å². The zero-order valence-electron chi connectivity index (χ0n) is 11.6. The van der Waals surface area contributed by atoms with E-state index in [-0.39, 0.29) is 18.7 Å². The first-order valence-electron chi connectivity index (χ1n) is 6.79. The fraction of sp³-hybridized carbons (Fsp3) is 0.357. The standard InChI is InChI=1S/C14H15N3O4/c1-2-3-4-12(18)15-14-17-16-13(21-14)9-5-6-10-11(7-9)20-8-19-10/h5-7H,2-4,8H2,1H3,(H,15,17,18). The molecule has 0 bridgehead atoms. The van der Waals surface area contributed by atoms with Crippen LogP contribution >= 0.6 is 0 Å². The van der Waals surface area contributed by atoms with E-state index in [1.165, 1.54) is 0 Å². The van der Waals surface area contributed by atoms with E-state index < -0.39 is 0 Å². The minimum absolute atomic E-state index is 0.101. The fourth-order valence-electron chi connectivity index (χ4n) is 1.94. The number of aromatic nitrogens is 2. The van der Waals surface area contributed by atoms with E-state index in [9.17, 15) is 4.79 Å². The van der Waals surface area contributed by atoms with Crippen molar-refractivity contribution in [1.29, 1.82) is 0 Å². The number of fused-ring (bicyclic) bond motifs is 1. The number of hydrogen-bond donors (Lipinski definition) is 1. The third-order valence-corrected chi connectivity index (χ3v) is 3.05. The normalized spacial score (nSPS) is 12.4. The zero-order chi connectivity index (χ0) is 14.7. The average Bonchev–Trinajstić information content (AvgIpc) is 3.12. The molecule has 1 aliphatic heterocycles. The molecular weight excluding hydrogens is 274 g/mol. The van der Waals surface area contributed by atoms with E-state index in [1.54, 1.807) is 18.2 Å². The van der Waals surface area contributed by atoms with Gasteiger partial charge in [-0.1, -0.05) is 18.4 Å². The van der Waals surface area contributed by atoms with Gasteiger partial charge in [-0.3, -0.25) is 10.1 Å². The molecular formula is C14H15N3O4. The van der Waals surface area contributed by atoms with Crippen LogP contribution in [0.25, 0.3) is 11.5 Å². The fourth-order valence-corrected chi connectivity index (χ4v) is 1.94. The van der Waals surface area contributed by atoms with E-state index in [4.69, 9.17) is 13.9 Å². The molecule has 1 N–H and O–H groups in total. The number of hydrogen-bond acceptors (Lipinski definition) is 6. The third-order valence-electron chi connectivity index (χ3n) is 3.05. The predicted molar refractivity (Wildman–Crippen MR) is 74.0 cm³/mol. The van der Waals surface area contributed by atoms with Crippen molar-refractivity contribution in [3.63, 3.8) is 0 Å². The number of benzene rings is 1. The van der Waals surface area contributed by atoms with Gasteiger partial charge in [0.05, 0.1) is 0 Å². The van der Waals surface area contributed by atoms with Crippen LogP contribution in [0.4, 0.5) is 6.01 Å². The van der Waals surface area contributed by atoms with Gasteiger partial charge in [-0.05, 0) is 24.6 Å². The van der Waals surface area contributed by atoms with Crippen LogP contribution in [0.15, 0.2) is 22.6 Å². The van der Waals surface area contributed by atoms with Crippen LogP contribution in [-0.2, 0) is 4.79 Å². The second-order valence-corrected chi connectivity index (χ2v) is 4.63. The van der Waals surface area contributed by atoms with Gasteiger partial charge in [0.25, 0.3) is 0 Å².